The normalized spacial score (nSPS) is 12.9. The number of nitro benzene ring substituents is 1. The summed E-state index contributed by atoms with van der Waals surface area (Å²) >= 11 is 5.82. The molecule has 0 saturated carbocycles. The lowest BCUT2D eigenvalue weighted by Gasteiger charge is -2.22. The number of halogens is 1. The summed E-state index contributed by atoms with van der Waals surface area (Å²) in [5.74, 6) is 0. The fourth-order valence-electron chi connectivity index (χ4n) is 1.46. The summed E-state index contributed by atoms with van der Waals surface area (Å²) < 4.78 is 25.7. The van der Waals surface area contributed by atoms with Crippen LogP contribution in [0.5, 0.6) is 0 Å². The van der Waals surface area contributed by atoms with Crippen molar-refractivity contribution in [2.45, 2.75) is 24.3 Å². The number of rotatable bonds is 5. The molecule has 20 heavy (non-hydrogen) atoms. The third-order valence-corrected chi connectivity index (χ3v) is 5.24. The number of hydrogen-bond donors (Lipinski definition) is 0. The molecule has 0 aliphatic rings. The van der Waals surface area contributed by atoms with E-state index in [-0.39, 0.29) is 22.0 Å². The van der Waals surface area contributed by atoms with Crippen LogP contribution in [0.15, 0.2) is 23.1 Å². The van der Waals surface area contributed by atoms with Crippen molar-refractivity contribution in [3.8, 4) is 6.07 Å². The van der Waals surface area contributed by atoms with Gasteiger partial charge in [-0.25, -0.2) is 8.42 Å². The zero-order chi connectivity index (χ0) is 15.5. The Hall–Kier alpha value is -1.69. The third kappa shape index (κ3) is 3.25. The first-order chi connectivity index (χ1) is 9.21. The predicted octanol–water partition coefficient (Wildman–Crippen LogP) is 2.17. The van der Waals surface area contributed by atoms with Crippen LogP contribution in [0.25, 0.3) is 0 Å². The predicted molar refractivity (Wildman–Crippen MR) is 72.7 cm³/mol. The van der Waals surface area contributed by atoms with E-state index in [4.69, 9.17) is 16.9 Å². The van der Waals surface area contributed by atoms with E-state index in [2.05, 4.69) is 0 Å². The zero-order valence-electron chi connectivity index (χ0n) is 10.8. The summed E-state index contributed by atoms with van der Waals surface area (Å²) in [6, 6.07) is 4.50. The van der Waals surface area contributed by atoms with Gasteiger partial charge in [0, 0.05) is 25.2 Å². The Balaban J connectivity index is 3.32. The Kier molecular flexibility index (Phi) is 5.05. The molecule has 0 radical (unpaired) electrons. The Morgan fingerprint density at radius 2 is 2.15 bits per heavy atom. The van der Waals surface area contributed by atoms with Crippen molar-refractivity contribution < 1.29 is 13.3 Å². The summed E-state index contributed by atoms with van der Waals surface area (Å²) in [6.07, 6.45) is 0.00226. The van der Waals surface area contributed by atoms with Crippen LogP contribution in [-0.4, -0.2) is 30.7 Å². The highest BCUT2D eigenvalue weighted by atomic mass is 35.5. The van der Waals surface area contributed by atoms with Crippen molar-refractivity contribution in [1.82, 2.24) is 4.31 Å². The van der Waals surface area contributed by atoms with Crippen molar-refractivity contribution in [1.29, 1.82) is 5.26 Å². The van der Waals surface area contributed by atoms with Gasteiger partial charge in [-0.1, -0.05) is 11.6 Å². The van der Waals surface area contributed by atoms with Crippen LogP contribution in [0.2, 0.25) is 5.02 Å². The zero-order valence-corrected chi connectivity index (χ0v) is 12.3. The molecule has 7 nitrogen and oxygen atoms in total. The molecule has 0 aliphatic carbocycles. The minimum atomic E-state index is -4.00. The molecule has 0 bridgehead atoms. The molecule has 1 aromatic carbocycles. The molecule has 0 saturated heterocycles. The van der Waals surface area contributed by atoms with E-state index >= 15 is 0 Å². The molecular weight excluding hydrogens is 306 g/mol. The molecule has 1 unspecified atom stereocenters. The minimum absolute atomic E-state index is 0.00226. The van der Waals surface area contributed by atoms with Crippen LogP contribution in [-0.2, 0) is 10.0 Å². The van der Waals surface area contributed by atoms with Crippen LogP contribution in [0.4, 0.5) is 5.69 Å². The van der Waals surface area contributed by atoms with Crippen molar-refractivity contribution in [2.24, 2.45) is 0 Å². The smallest absolute Gasteiger partial charge is 0.258 e. The van der Waals surface area contributed by atoms with E-state index in [1.165, 1.54) is 7.05 Å². The highest BCUT2D eigenvalue weighted by molar-refractivity contribution is 7.89. The van der Waals surface area contributed by atoms with Crippen molar-refractivity contribution in [3.05, 3.63) is 33.3 Å². The Labute approximate surface area is 121 Å². The molecule has 108 valence electrons. The number of sulfonamides is 1. The van der Waals surface area contributed by atoms with Gasteiger partial charge >= 0.3 is 0 Å². The summed E-state index contributed by atoms with van der Waals surface area (Å²) in [6.45, 7) is 1.56. The van der Waals surface area contributed by atoms with E-state index in [1.54, 1.807) is 6.92 Å². The van der Waals surface area contributed by atoms with Gasteiger partial charge in [-0.15, -0.1) is 0 Å². The van der Waals surface area contributed by atoms with Crippen LogP contribution in [0, 0.1) is 21.4 Å². The van der Waals surface area contributed by atoms with Crippen LogP contribution in [0.3, 0.4) is 0 Å². The third-order valence-electron chi connectivity index (χ3n) is 2.79. The minimum Gasteiger partial charge on any atom is -0.258 e. The van der Waals surface area contributed by atoms with E-state index in [0.717, 1.165) is 22.5 Å². The molecule has 1 rings (SSSR count). The SMILES string of the molecule is CC(CC#N)N(C)S(=O)(=O)c1cc([N+](=O)[O-])ccc1Cl. The number of nitro groups is 1. The number of nitriles is 1. The molecule has 0 N–H and O–H groups in total. The van der Waals surface area contributed by atoms with E-state index < -0.39 is 21.0 Å². The van der Waals surface area contributed by atoms with Gasteiger partial charge in [0.2, 0.25) is 10.0 Å². The van der Waals surface area contributed by atoms with Crippen molar-refractivity contribution in [2.75, 3.05) is 7.05 Å². The summed E-state index contributed by atoms with van der Waals surface area (Å²) in [5.41, 5.74) is -0.366. The summed E-state index contributed by atoms with van der Waals surface area (Å²) in [5, 5.41) is 19.2. The Morgan fingerprint density at radius 1 is 1.55 bits per heavy atom. The fourth-order valence-corrected chi connectivity index (χ4v) is 3.31. The fraction of sp³-hybridized carbons (Fsp3) is 0.364. The average molecular weight is 318 g/mol. The lowest BCUT2D eigenvalue weighted by Crippen LogP contribution is -2.35. The number of non-ortho nitro benzene ring substituents is 1. The first-order valence-electron chi connectivity index (χ1n) is 5.50. The van der Waals surface area contributed by atoms with Crippen LogP contribution in [0.1, 0.15) is 13.3 Å². The van der Waals surface area contributed by atoms with Gasteiger partial charge in [-0.3, -0.25) is 10.1 Å². The maximum Gasteiger partial charge on any atom is 0.270 e. The van der Waals surface area contributed by atoms with Gasteiger partial charge < -0.3 is 0 Å². The van der Waals surface area contributed by atoms with Gasteiger partial charge in [0.25, 0.3) is 5.69 Å². The quantitative estimate of drug-likeness (QED) is 0.611. The second-order valence-electron chi connectivity index (χ2n) is 4.10. The molecule has 0 heterocycles. The molecule has 0 aromatic heterocycles. The van der Waals surface area contributed by atoms with Crippen molar-refractivity contribution in [3.63, 3.8) is 0 Å². The maximum atomic E-state index is 12.4. The highest BCUT2D eigenvalue weighted by Crippen LogP contribution is 2.29. The second kappa shape index (κ2) is 6.17. The first-order valence-corrected chi connectivity index (χ1v) is 7.32. The Morgan fingerprint density at radius 3 is 2.65 bits per heavy atom. The molecule has 0 aliphatic heterocycles. The van der Waals surface area contributed by atoms with Crippen LogP contribution < -0.4 is 0 Å². The number of nitrogens with zero attached hydrogens (tertiary/aromatic N) is 3. The number of hydrogen-bond acceptors (Lipinski definition) is 5. The van der Waals surface area contributed by atoms with E-state index in [9.17, 15) is 18.5 Å². The highest BCUT2D eigenvalue weighted by Gasteiger charge is 2.29. The first kappa shape index (κ1) is 16.4. The van der Waals surface area contributed by atoms with Gasteiger partial charge in [-0.05, 0) is 13.0 Å². The number of benzene rings is 1. The van der Waals surface area contributed by atoms with Gasteiger partial charge in [0.05, 0.1) is 22.4 Å². The largest absolute Gasteiger partial charge is 0.270 e. The van der Waals surface area contributed by atoms with Gasteiger partial charge in [0.15, 0.2) is 0 Å². The molecular formula is C11H12ClN3O4S. The monoisotopic (exact) mass is 317 g/mol. The van der Waals surface area contributed by atoms with Crippen molar-refractivity contribution >= 4 is 27.3 Å². The average Bonchev–Trinajstić information content (AvgIpc) is 2.37. The lowest BCUT2D eigenvalue weighted by molar-refractivity contribution is -0.385. The topological polar surface area (TPSA) is 104 Å². The Bertz CT molecular complexity index is 669. The van der Waals surface area contributed by atoms with Crippen LogP contribution >= 0.6 is 11.6 Å². The molecule has 1 aromatic rings. The van der Waals surface area contributed by atoms with E-state index in [1.807, 2.05) is 6.07 Å². The second-order valence-corrected chi connectivity index (χ2v) is 6.48. The molecule has 1 atom stereocenters. The molecule has 0 spiro atoms. The van der Waals surface area contributed by atoms with Gasteiger partial charge in [-0.2, -0.15) is 9.57 Å². The summed E-state index contributed by atoms with van der Waals surface area (Å²) in [7, 11) is -2.70. The van der Waals surface area contributed by atoms with E-state index in [0.29, 0.717) is 0 Å². The molecule has 0 amide bonds. The molecule has 0 fully saturated rings. The van der Waals surface area contributed by atoms with Gasteiger partial charge in [0.1, 0.15) is 4.90 Å². The molecule has 9 heteroatoms. The maximum absolute atomic E-state index is 12.4. The standard InChI is InChI=1S/C11H12ClN3O4S/c1-8(5-6-13)14(2)20(18,19)11-7-9(15(16)17)3-4-10(11)12/h3-4,7-8H,5H2,1-2H3. The summed E-state index contributed by atoms with van der Waals surface area (Å²) in [4.78, 5) is 9.66. The lowest BCUT2D eigenvalue weighted by atomic mass is 10.3.